The summed E-state index contributed by atoms with van der Waals surface area (Å²) in [6, 6.07) is 46.5. The summed E-state index contributed by atoms with van der Waals surface area (Å²) >= 11 is 0. The molecule has 0 amide bonds. The van der Waals surface area contributed by atoms with Crippen LogP contribution in [0.25, 0.3) is 22.3 Å². The van der Waals surface area contributed by atoms with E-state index in [4.69, 9.17) is 29.9 Å². The van der Waals surface area contributed by atoms with E-state index in [-0.39, 0.29) is 0 Å². The topological polar surface area (TPSA) is 159 Å². The van der Waals surface area contributed by atoms with Crippen LogP contribution in [0.5, 0.6) is 23.0 Å². The van der Waals surface area contributed by atoms with E-state index in [0.717, 1.165) is 29.7 Å². The maximum atomic E-state index is 10.3. The number of aliphatic imine (C=N–C) groups is 2. The number of hydrogen-bond acceptors (Lipinski definition) is 10. The molecule has 2 N–H and O–H groups in total. The van der Waals surface area contributed by atoms with Crippen molar-refractivity contribution in [2.45, 2.75) is 6.42 Å². The zero-order valence-electron chi connectivity index (χ0n) is 26.9. The number of nitrogens with zero attached hydrogens (tertiary/aromatic N) is 2. The molecule has 0 radical (unpaired) electrons. The number of hydrogen-bond donors (Lipinski definition) is 2. The fourth-order valence-electron chi connectivity index (χ4n) is 5.07. The van der Waals surface area contributed by atoms with Gasteiger partial charge in [-0.05, 0) is 113 Å². The molecule has 0 atom stereocenters. The molecule has 7 rings (SSSR count). The first-order chi connectivity index (χ1) is 25.0. The summed E-state index contributed by atoms with van der Waals surface area (Å²) in [5, 5.41) is 10.8. The van der Waals surface area contributed by atoms with Crippen LogP contribution in [0, 0.1) is 10.8 Å². The highest BCUT2D eigenvalue weighted by atomic mass is 16.5. The van der Waals surface area contributed by atoms with Gasteiger partial charge in [-0.1, -0.05) is 72.8 Å². The highest BCUT2D eigenvalue weighted by Gasteiger charge is 2.15. The molecule has 0 saturated heterocycles. The Morgan fingerprint density at radius 1 is 0.431 bits per heavy atom. The maximum absolute atomic E-state index is 10.3. The molecular formula is C41H28N4O6. The van der Waals surface area contributed by atoms with E-state index >= 15 is 0 Å². The summed E-state index contributed by atoms with van der Waals surface area (Å²) in [6.45, 7) is 0. The Hall–Kier alpha value is -7.56. The van der Waals surface area contributed by atoms with Gasteiger partial charge < -0.3 is 9.47 Å². The molecule has 10 nitrogen and oxygen atoms in total. The van der Waals surface area contributed by atoms with E-state index in [0.29, 0.717) is 34.4 Å². The predicted octanol–water partition coefficient (Wildman–Crippen LogP) is 9.93. The molecule has 1 aliphatic rings. The lowest BCUT2D eigenvalue weighted by atomic mass is 10.1. The van der Waals surface area contributed by atoms with Crippen LogP contribution in [0.3, 0.4) is 0 Å². The lowest BCUT2D eigenvalue weighted by Crippen LogP contribution is -1.86. The summed E-state index contributed by atoms with van der Waals surface area (Å²) in [5.41, 5.74) is 8.88. The second-order valence-corrected chi connectivity index (χ2v) is 10.3. The normalized spacial score (nSPS) is 9.65. The first kappa shape index (κ1) is 36.3. The standard InChI is InChI=1S/C26H16N2O4.C13H10.2CHNO/c29-17-27-21-5-13-25(14-6-21)31-23-9-1-19(2-10-23)20-3-11-24(12-4-20)32-26-15-7-22(8-16-26)28-18-30;1-3-7-12-10(5-1)9-11-6-2-4-8-13(11)12;2*2-1-3/h1-16H;1-8H,9H2;2*2H. The second-order valence-electron chi connectivity index (χ2n) is 10.3. The maximum Gasteiger partial charge on any atom is 0.240 e. The molecule has 6 aromatic rings. The molecule has 1 aliphatic carbocycles. The lowest BCUT2D eigenvalue weighted by molar-refractivity contribution is 0.482. The van der Waals surface area contributed by atoms with Crippen LogP contribution in [0.15, 0.2) is 156 Å². The van der Waals surface area contributed by atoms with Crippen LogP contribution in [-0.2, 0) is 25.6 Å². The quantitative estimate of drug-likeness (QED) is 0.127. The molecule has 51 heavy (non-hydrogen) atoms. The zero-order chi connectivity index (χ0) is 36.3. The minimum atomic E-state index is 0.527. The Balaban J connectivity index is 0.000000251. The van der Waals surface area contributed by atoms with Crippen molar-refractivity contribution in [2.24, 2.45) is 9.98 Å². The number of fused-ring (bicyclic) bond motifs is 3. The zero-order valence-corrected chi connectivity index (χ0v) is 26.9. The van der Waals surface area contributed by atoms with Crippen LogP contribution in [-0.4, -0.2) is 24.3 Å². The van der Waals surface area contributed by atoms with Crippen molar-refractivity contribution in [2.75, 3.05) is 0 Å². The SMILES string of the molecule is N=C=O.N=C=O.O=C=Nc1ccc(Oc2ccc(-c3ccc(Oc4ccc(N=C=O)cc4)cc3)cc2)cc1.c1ccc2c(c1)Cc1ccccc1-2. The Labute approximate surface area is 293 Å². The molecule has 0 saturated carbocycles. The molecule has 0 spiro atoms. The lowest BCUT2D eigenvalue weighted by Gasteiger charge is -2.09. The van der Waals surface area contributed by atoms with Crippen LogP contribution in [0.1, 0.15) is 11.1 Å². The van der Waals surface area contributed by atoms with Crippen molar-refractivity contribution in [3.8, 4) is 45.3 Å². The van der Waals surface area contributed by atoms with E-state index in [1.165, 1.54) is 34.4 Å². The Morgan fingerprint density at radius 3 is 1.04 bits per heavy atom. The van der Waals surface area contributed by atoms with Gasteiger partial charge in [-0.2, -0.15) is 9.98 Å². The number of ether oxygens (including phenoxy) is 2. The van der Waals surface area contributed by atoms with E-state index in [9.17, 15) is 9.59 Å². The van der Waals surface area contributed by atoms with Gasteiger partial charge in [0.25, 0.3) is 0 Å². The second kappa shape index (κ2) is 19.3. The summed E-state index contributed by atoms with van der Waals surface area (Å²) in [6.07, 6.45) is 5.62. The fourth-order valence-corrected chi connectivity index (χ4v) is 5.07. The predicted molar refractivity (Wildman–Crippen MR) is 192 cm³/mol. The Kier molecular flexibility index (Phi) is 13.7. The van der Waals surface area contributed by atoms with Gasteiger partial charge in [0.1, 0.15) is 23.0 Å². The highest BCUT2D eigenvalue weighted by Crippen LogP contribution is 2.36. The van der Waals surface area contributed by atoms with Gasteiger partial charge in [0.2, 0.25) is 24.3 Å². The van der Waals surface area contributed by atoms with Crippen molar-refractivity contribution in [3.05, 3.63) is 157 Å². The Morgan fingerprint density at radius 2 is 0.725 bits per heavy atom. The number of nitrogens with one attached hydrogen (secondary N) is 2. The first-order valence-electron chi connectivity index (χ1n) is 15.2. The molecule has 10 heteroatoms. The Bertz CT molecular complexity index is 2050. The van der Waals surface area contributed by atoms with Crippen molar-refractivity contribution in [1.82, 2.24) is 0 Å². The molecule has 0 unspecified atom stereocenters. The van der Waals surface area contributed by atoms with E-state index in [2.05, 4.69) is 58.5 Å². The van der Waals surface area contributed by atoms with Crippen molar-refractivity contribution < 1.29 is 28.7 Å². The number of carbonyl (C=O) groups excluding carboxylic acids is 4. The first-order valence-corrected chi connectivity index (χ1v) is 15.2. The highest BCUT2D eigenvalue weighted by molar-refractivity contribution is 5.76. The molecule has 0 fully saturated rings. The van der Waals surface area contributed by atoms with Gasteiger partial charge in [-0.3, -0.25) is 0 Å². The van der Waals surface area contributed by atoms with E-state index in [1.54, 1.807) is 48.5 Å². The fraction of sp³-hybridized carbons (Fsp3) is 0.0244. The smallest absolute Gasteiger partial charge is 0.240 e. The molecule has 0 aliphatic heterocycles. The van der Waals surface area contributed by atoms with Crippen molar-refractivity contribution >= 4 is 35.7 Å². The largest absolute Gasteiger partial charge is 0.457 e. The van der Waals surface area contributed by atoms with Gasteiger partial charge in [0.05, 0.1) is 11.4 Å². The van der Waals surface area contributed by atoms with Gasteiger partial charge in [0, 0.05) is 0 Å². The summed E-state index contributed by atoms with van der Waals surface area (Å²) < 4.78 is 11.6. The van der Waals surface area contributed by atoms with Crippen LogP contribution >= 0.6 is 0 Å². The van der Waals surface area contributed by atoms with E-state index < -0.39 is 0 Å². The number of rotatable bonds is 7. The molecule has 0 aromatic heterocycles. The van der Waals surface area contributed by atoms with Crippen molar-refractivity contribution in [3.63, 3.8) is 0 Å². The summed E-state index contributed by atoms with van der Waals surface area (Å²) in [5.74, 6) is 2.69. The van der Waals surface area contributed by atoms with Gasteiger partial charge >= 0.3 is 0 Å². The van der Waals surface area contributed by atoms with Crippen LogP contribution in [0.2, 0.25) is 0 Å². The number of isocyanates is 4. The third-order valence-electron chi connectivity index (χ3n) is 7.24. The minimum Gasteiger partial charge on any atom is -0.457 e. The summed E-state index contributed by atoms with van der Waals surface area (Å²) in [7, 11) is 0. The number of benzene rings is 6. The average Bonchev–Trinajstić information content (AvgIpc) is 3.54. The minimum absolute atomic E-state index is 0.527. The van der Waals surface area contributed by atoms with Gasteiger partial charge in [0.15, 0.2) is 0 Å². The van der Waals surface area contributed by atoms with Crippen LogP contribution in [0.4, 0.5) is 11.4 Å². The van der Waals surface area contributed by atoms with Gasteiger partial charge in [-0.25, -0.2) is 30.0 Å². The van der Waals surface area contributed by atoms with E-state index in [1.807, 2.05) is 48.5 Å². The molecule has 0 heterocycles. The third kappa shape index (κ3) is 10.7. The summed E-state index contributed by atoms with van der Waals surface area (Å²) in [4.78, 5) is 44.4. The molecule has 0 bridgehead atoms. The monoisotopic (exact) mass is 672 g/mol. The van der Waals surface area contributed by atoms with Gasteiger partial charge in [-0.15, -0.1) is 0 Å². The molecule has 6 aromatic carbocycles. The third-order valence-corrected chi connectivity index (χ3v) is 7.24. The molecule has 248 valence electrons. The van der Waals surface area contributed by atoms with Crippen molar-refractivity contribution in [1.29, 1.82) is 10.8 Å². The molecular weight excluding hydrogens is 644 g/mol. The van der Waals surface area contributed by atoms with Crippen LogP contribution < -0.4 is 9.47 Å². The average molecular weight is 673 g/mol.